The topological polar surface area (TPSA) is 100 Å². The second-order valence-corrected chi connectivity index (χ2v) is 9.05. The summed E-state index contributed by atoms with van der Waals surface area (Å²) in [4.78, 5) is 32.6. The van der Waals surface area contributed by atoms with Gasteiger partial charge in [-0.3, -0.25) is 10.1 Å². The van der Waals surface area contributed by atoms with Crippen molar-refractivity contribution in [3.05, 3.63) is 51.2 Å². The zero-order valence-corrected chi connectivity index (χ0v) is 18.9. The fourth-order valence-corrected chi connectivity index (χ4v) is 4.68. The van der Waals surface area contributed by atoms with E-state index < -0.39 is 0 Å². The van der Waals surface area contributed by atoms with Gasteiger partial charge in [0, 0.05) is 29.4 Å². The van der Waals surface area contributed by atoms with Crippen molar-refractivity contribution in [1.82, 2.24) is 20.4 Å². The lowest BCUT2D eigenvalue weighted by molar-refractivity contribution is 0.0735. The van der Waals surface area contributed by atoms with Crippen LogP contribution < -0.4 is 10.6 Å². The number of fused-ring (bicyclic) bond motifs is 1. The van der Waals surface area contributed by atoms with E-state index in [4.69, 9.17) is 16.1 Å². The minimum Gasteiger partial charge on any atom is -0.360 e. The third-order valence-electron chi connectivity index (χ3n) is 4.86. The minimum atomic E-state index is -0.293. The Balaban J connectivity index is 1.55. The molecule has 0 radical (unpaired) electrons. The molecule has 0 saturated carbocycles. The smallest absolute Gasteiger partial charge is 0.321 e. The number of nitrogens with zero attached hydrogens (tertiary/aromatic N) is 3. The van der Waals surface area contributed by atoms with Crippen molar-refractivity contribution >= 4 is 40.0 Å². The van der Waals surface area contributed by atoms with Gasteiger partial charge in [0.2, 0.25) is 0 Å². The van der Waals surface area contributed by atoms with E-state index >= 15 is 0 Å². The van der Waals surface area contributed by atoms with Crippen LogP contribution in [0.4, 0.5) is 9.93 Å². The third kappa shape index (κ3) is 4.42. The predicted molar refractivity (Wildman–Crippen MR) is 120 cm³/mol. The standard InChI is InChI=1S/C21H22ClN5O3S/c1-11(2)23-20(29)25-21-24-15-8-9-27(10-16(15)31-21)19(28)17-12(3)30-26-18(17)13-6-4-5-7-14(13)22/h4-7,11H,8-10H2,1-3H3,(H2,23,24,25,29). The summed E-state index contributed by atoms with van der Waals surface area (Å²) in [7, 11) is 0. The number of urea groups is 1. The molecular formula is C21H22ClN5O3S. The first-order valence-electron chi connectivity index (χ1n) is 9.90. The maximum atomic E-state index is 13.4. The molecule has 162 valence electrons. The Morgan fingerprint density at radius 3 is 2.81 bits per heavy atom. The quantitative estimate of drug-likeness (QED) is 0.598. The molecule has 0 saturated heterocycles. The van der Waals surface area contributed by atoms with E-state index in [-0.39, 0.29) is 18.0 Å². The van der Waals surface area contributed by atoms with Crippen molar-refractivity contribution < 1.29 is 14.1 Å². The molecule has 2 aromatic heterocycles. The number of benzene rings is 1. The number of aryl methyl sites for hydroxylation is 1. The molecule has 3 heterocycles. The lowest BCUT2D eigenvalue weighted by Gasteiger charge is -2.26. The van der Waals surface area contributed by atoms with Crippen molar-refractivity contribution in [2.45, 2.75) is 39.8 Å². The molecule has 2 N–H and O–H groups in total. The van der Waals surface area contributed by atoms with Gasteiger partial charge in [0.15, 0.2) is 5.13 Å². The van der Waals surface area contributed by atoms with Gasteiger partial charge >= 0.3 is 6.03 Å². The van der Waals surface area contributed by atoms with E-state index in [2.05, 4.69) is 20.8 Å². The van der Waals surface area contributed by atoms with Crippen LogP contribution in [-0.2, 0) is 13.0 Å². The van der Waals surface area contributed by atoms with Crippen molar-refractivity contribution in [3.8, 4) is 11.3 Å². The number of nitrogens with one attached hydrogen (secondary N) is 2. The first-order valence-corrected chi connectivity index (χ1v) is 11.1. The summed E-state index contributed by atoms with van der Waals surface area (Å²) in [6.45, 7) is 6.42. The molecule has 0 fully saturated rings. The van der Waals surface area contributed by atoms with Gasteiger partial charge in [-0.15, -0.1) is 0 Å². The number of carbonyl (C=O) groups excluding carboxylic acids is 2. The van der Waals surface area contributed by atoms with Crippen molar-refractivity contribution in [1.29, 1.82) is 0 Å². The number of thiazole rings is 1. The van der Waals surface area contributed by atoms with Gasteiger partial charge in [-0.2, -0.15) is 0 Å². The van der Waals surface area contributed by atoms with Gasteiger partial charge in [0.25, 0.3) is 5.91 Å². The average molecular weight is 460 g/mol. The van der Waals surface area contributed by atoms with Gasteiger partial charge in [0.05, 0.1) is 17.3 Å². The number of halogens is 1. The Labute approximate surface area is 188 Å². The van der Waals surface area contributed by atoms with Crippen LogP contribution in [0.5, 0.6) is 0 Å². The van der Waals surface area contributed by atoms with E-state index in [1.165, 1.54) is 11.3 Å². The molecule has 0 aliphatic carbocycles. The Morgan fingerprint density at radius 1 is 1.29 bits per heavy atom. The fraction of sp³-hybridized carbons (Fsp3) is 0.333. The van der Waals surface area contributed by atoms with Crippen LogP contribution in [0, 0.1) is 6.92 Å². The molecule has 31 heavy (non-hydrogen) atoms. The Kier molecular flexibility index (Phi) is 5.97. The van der Waals surface area contributed by atoms with E-state index in [1.54, 1.807) is 17.9 Å². The molecule has 1 aliphatic rings. The molecule has 10 heteroatoms. The number of amides is 3. The molecule has 4 rings (SSSR count). The molecule has 0 atom stereocenters. The minimum absolute atomic E-state index is 0.0295. The summed E-state index contributed by atoms with van der Waals surface area (Å²) >= 11 is 7.70. The molecule has 0 bridgehead atoms. The Bertz CT molecular complexity index is 1140. The van der Waals surface area contributed by atoms with Crippen LogP contribution in [-0.4, -0.2) is 39.6 Å². The Hall–Kier alpha value is -2.91. The van der Waals surface area contributed by atoms with E-state index in [0.29, 0.717) is 52.2 Å². The second kappa shape index (κ2) is 8.68. The summed E-state index contributed by atoms with van der Waals surface area (Å²) < 4.78 is 5.35. The SMILES string of the molecule is Cc1onc(-c2ccccc2Cl)c1C(=O)N1CCc2nc(NC(=O)NC(C)C)sc2C1. The van der Waals surface area contributed by atoms with Crippen molar-refractivity contribution in [2.75, 3.05) is 11.9 Å². The average Bonchev–Trinajstić information content (AvgIpc) is 3.29. The highest BCUT2D eigenvalue weighted by molar-refractivity contribution is 7.15. The lowest BCUT2D eigenvalue weighted by Crippen LogP contribution is -2.36. The summed E-state index contributed by atoms with van der Waals surface area (Å²) in [5, 5.41) is 10.7. The third-order valence-corrected chi connectivity index (χ3v) is 6.19. The maximum absolute atomic E-state index is 13.4. The highest BCUT2D eigenvalue weighted by atomic mass is 35.5. The number of hydrogen-bond donors (Lipinski definition) is 2. The maximum Gasteiger partial charge on any atom is 0.321 e. The molecule has 8 nitrogen and oxygen atoms in total. The summed E-state index contributed by atoms with van der Waals surface area (Å²) in [5.41, 5.74) is 2.41. The number of aromatic nitrogens is 2. The van der Waals surface area contributed by atoms with Crippen LogP contribution in [0.1, 0.15) is 40.5 Å². The first kappa shape index (κ1) is 21.3. The lowest BCUT2D eigenvalue weighted by atomic mass is 10.0. The summed E-state index contributed by atoms with van der Waals surface area (Å²) in [5.74, 6) is 0.280. The zero-order valence-electron chi connectivity index (χ0n) is 17.4. The monoisotopic (exact) mass is 459 g/mol. The van der Waals surface area contributed by atoms with Gasteiger partial charge < -0.3 is 14.7 Å². The van der Waals surface area contributed by atoms with Crippen molar-refractivity contribution in [2.24, 2.45) is 0 Å². The molecule has 0 unspecified atom stereocenters. The second-order valence-electron chi connectivity index (χ2n) is 7.56. The van der Waals surface area contributed by atoms with Crippen LogP contribution in [0.3, 0.4) is 0 Å². The summed E-state index contributed by atoms with van der Waals surface area (Å²) in [6, 6.07) is 6.97. The predicted octanol–water partition coefficient (Wildman–Crippen LogP) is 4.49. The van der Waals surface area contributed by atoms with Crippen LogP contribution >= 0.6 is 22.9 Å². The molecule has 0 spiro atoms. The number of hydrogen-bond acceptors (Lipinski definition) is 6. The molecular weight excluding hydrogens is 438 g/mol. The normalized spacial score (nSPS) is 13.3. The van der Waals surface area contributed by atoms with Crippen molar-refractivity contribution in [3.63, 3.8) is 0 Å². The summed E-state index contributed by atoms with van der Waals surface area (Å²) in [6.07, 6.45) is 0.608. The zero-order chi connectivity index (χ0) is 22.1. The molecule has 1 aromatic carbocycles. The fourth-order valence-electron chi connectivity index (χ4n) is 3.44. The van der Waals surface area contributed by atoms with Gasteiger partial charge in [-0.25, -0.2) is 9.78 Å². The van der Waals surface area contributed by atoms with Gasteiger partial charge in [-0.1, -0.05) is 46.3 Å². The first-order chi connectivity index (χ1) is 14.8. The Morgan fingerprint density at radius 2 is 2.06 bits per heavy atom. The molecule has 3 amide bonds. The van der Waals surface area contributed by atoms with Crippen LogP contribution in [0.2, 0.25) is 5.02 Å². The van der Waals surface area contributed by atoms with Gasteiger partial charge in [-0.05, 0) is 26.8 Å². The van der Waals surface area contributed by atoms with E-state index in [9.17, 15) is 9.59 Å². The highest BCUT2D eigenvalue weighted by Crippen LogP contribution is 2.34. The van der Waals surface area contributed by atoms with E-state index in [1.807, 2.05) is 32.0 Å². The number of anilines is 1. The molecule has 3 aromatic rings. The van der Waals surface area contributed by atoms with Gasteiger partial charge in [0.1, 0.15) is 17.0 Å². The highest BCUT2D eigenvalue weighted by Gasteiger charge is 2.30. The van der Waals surface area contributed by atoms with Crippen LogP contribution in [0.25, 0.3) is 11.3 Å². The molecule has 1 aliphatic heterocycles. The number of rotatable bonds is 4. The largest absolute Gasteiger partial charge is 0.360 e. The number of carbonyl (C=O) groups is 2. The van der Waals surface area contributed by atoms with E-state index in [0.717, 1.165) is 10.6 Å². The van der Waals surface area contributed by atoms with Crippen LogP contribution in [0.15, 0.2) is 28.8 Å².